The number of nitrogens with zero attached hydrogens (tertiary/aromatic N) is 3. The number of likely N-dealkylation sites (tertiary alicyclic amines) is 1. The van der Waals surface area contributed by atoms with Gasteiger partial charge in [-0.3, -0.25) is 9.48 Å². The fourth-order valence-corrected chi connectivity index (χ4v) is 2.81. The molecule has 2 aromatic rings. The Morgan fingerprint density at radius 3 is 2.82 bits per heavy atom. The molecule has 1 aliphatic rings. The normalized spacial score (nSPS) is 17.9. The van der Waals surface area contributed by atoms with Gasteiger partial charge in [0.1, 0.15) is 5.69 Å². The number of rotatable bonds is 4. The summed E-state index contributed by atoms with van der Waals surface area (Å²) in [6, 6.07) is 11.9. The largest absolute Gasteiger partial charge is 0.372 e. The van der Waals surface area contributed by atoms with Crippen molar-refractivity contribution in [3.63, 3.8) is 0 Å². The van der Waals surface area contributed by atoms with Crippen molar-refractivity contribution < 1.29 is 9.53 Å². The first-order chi connectivity index (χ1) is 10.6. The van der Waals surface area contributed by atoms with Crippen molar-refractivity contribution in [2.24, 2.45) is 7.05 Å². The molecule has 1 aromatic carbocycles. The van der Waals surface area contributed by atoms with Crippen molar-refractivity contribution in [2.45, 2.75) is 26.1 Å². The second kappa shape index (κ2) is 6.32. The minimum absolute atomic E-state index is 0.0360. The minimum atomic E-state index is 0.0360. The standard InChI is InChI=1S/C17H21N3O2/c1-13-10-16(19(2)18-13)17(21)20-9-8-15(11-20)22-12-14-6-4-3-5-7-14/h3-7,10,15H,8-9,11-12H2,1-2H3/t15-/m0/s1. The molecule has 1 aromatic heterocycles. The summed E-state index contributed by atoms with van der Waals surface area (Å²) in [5, 5.41) is 4.24. The van der Waals surface area contributed by atoms with Crippen LogP contribution in [0, 0.1) is 6.92 Å². The van der Waals surface area contributed by atoms with Gasteiger partial charge in [-0.15, -0.1) is 0 Å². The van der Waals surface area contributed by atoms with Gasteiger partial charge in [-0.1, -0.05) is 30.3 Å². The van der Waals surface area contributed by atoms with Crippen LogP contribution < -0.4 is 0 Å². The van der Waals surface area contributed by atoms with E-state index in [-0.39, 0.29) is 12.0 Å². The average molecular weight is 299 g/mol. The molecule has 3 rings (SSSR count). The van der Waals surface area contributed by atoms with Crippen LogP contribution in [0.25, 0.3) is 0 Å². The highest BCUT2D eigenvalue weighted by molar-refractivity contribution is 5.92. The summed E-state index contributed by atoms with van der Waals surface area (Å²) < 4.78 is 7.57. The van der Waals surface area contributed by atoms with Crippen LogP contribution in [0.3, 0.4) is 0 Å². The molecule has 1 fully saturated rings. The molecular formula is C17H21N3O2. The van der Waals surface area contributed by atoms with Gasteiger partial charge in [0.25, 0.3) is 5.91 Å². The van der Waals surface area contributed by atoms with Crippen molar-refractivity contribution in [3.05, 3.63) is 53.3 Å². The van der Waals surface area contributed by atoms with E-state index in [0.717, 1.165) is 24.2 Å². The number of ether oxygens (including phenoxy) is 1. The van der Waals surface area contributed by atoms with Crippen LogP contribution in [-0.2, 0) is 18.4 Å². The quantitative estimate of drug-likeness (QED) is 0.869. The third-order valence-corrected chi connectivity index (χ3v) is 3.98. The van der Waals surface area contributed by atoms with E-state index in [1.54, 1.807) is 11.7 Å². The Bertz CT molecular complexity index is 651. The first kappa shape index (κ1) is 14.8. The number of benzene rings is 1. The molecule has 2 heterocycles. The Morgan fingerprint density at radius 1 is 1.36 bits per heavy atom. The van der Waals surface area contributed by atoms with Crippen LogP contribution in [0.2, 0.25) is 0 Å². The molecule has 0 spiro atoms. The van der Waals surface area contributed by atoms with Crippen molar-refractivity contribution in [2.75, 3.05) is 13.1 Å². The Morgan fingerprint density at radius 2 is 2.14 bits per heavy atom. The lowest BCUT2D eigenvalue weighted by Crippen LogP contribution is -2.31. The number of aromatic nitrogens is 2. The second-order valence-electron chi connectivity index (χ2n) is 5.75. The molecule has 1 atom stereocenters. The summed E-state index contributed by atoms with van der Waals surface area (Å²) in [4.78, 5) is 14.4. The average Bonchev–Trinajstić information content (AvgIpc) is 3.12. The molecule has 0 saturated carbocycles. The molecule has 0 N–H and O–H groups in total. The Kier molecular flexibility index (Phi) is 4.24. The maximum Gasteiger partial charge on any atom is 0.272 e. The van der Waals surface area contributed by atoms with Gasteiger partial charge < -0.3 is 9.64 Å². The summed E-state index contributed by atoms with van der Waals surface area (Å²) in [7, 11) is 1.81. The summed E-state index contributed by atoms with van der Waals surface area (Å²) in [6.07, 6.45) is 0.994. The molecule has 22 heavy (non-hydrogen) atoms. The van der Waals surface area contributed by atoms with Crippen LogP contribution in [0.5, 0.6) is 0 Å². The maximum absolute atomic E-state index is 12.5. The Hall–Kier alpha value is -2.14. The summed E-state index contributed by atoms with van der Waals surface area (Å²) >= 11 is 0. The van der Waals surface area contributed by atoms with Gasteiger partial charge >= 0.3 is 0 Å². The first-order valence-electron chi connectivity index (χ1n) is 7.59. The topological polar surface area (TPSA) is 47.4 Å². The molecular weight excluding hydrogens is 278 g/mol. The molecule has 5 heteroatoms. The highest BCUT2D eigenvalue weighted by Gasteiger charge is 2.29. The predicted molar refractivity (Wildman–Crippen MR) is 83.5 cm³/mol. The smallest absolute Gasteiger partial charge is 0.272 e. The fraction of sp³-hybridized carbons (Fsp3) is 0.412. The van der Waals surface area contributed by atoms with Gasteiger partial charge in [0.2, 0.25) is 0 Å². The first-order valence-corrected chi connectivity index (χ1v) is 7.59. The molecule has 0 bridgehead atoms. The molecule has 5 nitrogen and oxygen atoms in total. The van der Waals surface area contributed by atoms with E-state index in [0.29, 0.717) is 18.8 Å². The number of aryl methyl sites for hydroxylation is 2. The van der Waals surface area contributed by atoms with E-state index in [2.05, 4.69) is 17.2 Å². The van der Waals surface area contributed by atoms with Gasteiger partial charge in [-0.2, -0.15) is 5.10 Å². The summed E-state index contributed by atoms with van der Waals surface area (Å²) in [5.41, 5.74) is 2.66. The van der Waals surface area contributed by atoms with Gasteiger partial charge in [0.15, 0.2) is 0 Å². The lowest BCUT2D eigenvalue weighted by atomic mass is 10.2. The maximum atomic E-state index is 12.5. The number of hydrogen-bond acceptors (Lipinski definition) is 3. The third kappa shape index (κ3) is 3.20. The minimum Gasteiger partial charge on any atom is -0.372 e. The molecule has 0 aliphatic carbocycles. The van der Waals surface area contributed by atoms with E-state index in [1.807, 2.05) is 36.1 Å². The van der Waals surface area contributed by atoms with Gasteiger partial charge in [-0.25, -0.2) is 0 Å². The number of hydrogen-bond donors (Lipinski definition) is 0. The zero-order chi connectivity index (χ0) is 15.5. The second-order valence-corrected chi connectivity index (χ2v) is 5.75. The fourth-order valence-electron chi connectivity index (χ4n) is 2.81. The molecule has 0 unspecified atom stereocenters. The third-order valence-electron chi connectivity index (χ3n) is 3.98. The predicted octanol–water partition coefficient (Wildman–Crippen LogP) is 2.16. The molecule has 1 amide bonds. The van der Waals surface area contributed by atoms with Crippen LogP contribution in [0.15, 0.2) is 36.4 Å². The van der Waals surface area contributed by atoms with E-state index in [9.17, 15) is 4.79 Å². The summed E-state index contributed by atoms with van der Waals surface area (Å²) in [6.45, 7) is 3.88. The van der Waals surface area contributed by atoms with E-state index in [4.69, 9.17) is 4.74 Å². The lowest BCUT2D eigenvalue weighted by molar-refractivity contribution is 0.0435. The number of carbonyl (C=O) groups is 1. The Labute approximate surface area is 130 Å². The molecule has 0 radical (unpaired) electrons. The van der Waals surface area contributed by atoms with Crippen LogP contribution in [0.4, 0.5) is 0 Å². The van der Waals surface area contributed by atoms with Crippen LogP contribution in [-0.4, -0.2) is 39.8 Å². The van der Waals surface area contributed by atoms with Crippen molar-refractivity contribution in [3.8, 4) is 0 Å². The summed E-state index contributed by atoms with van der Waals surface area (Å²) in [5.74, 6) is 0.0360. The monoisotopic (exact) mass is 299 g/mol. The van der Waals surface area contributed by atoms with Gasteiger partial charge in [0.05, 0.1) is 18.4 Å². The zero-order valence-corrected chi connectivity index (χ0v) is 13.0. The van der Waals surface area contributed by atoms with Gasteiger partial charge in [0, 0.05) is 20.1 Å². The highest BCUT2D eigenvalue weighted by atomic mass is 16.5. The van der Waals surface area contributed by atoms with E-state index < -0.39 is 0 Å². The number of amides is 1. The number of carbonyl (C=O) groups excluding carboxylic acids is 1. The Balaban J connectivity index is 1.56. The van der Waals surface area contributed by atoms with E-state index >= 15 is 0 Å². The van der Waals surface area contributed by atoms with Crippen molar-refractivity contribution in [1.29, 1.82) is 0 Å². The SMILES string of the molecule is Cc1cc(C(=O)N2CC[C@H](OCc3ccccc3)C2)n(C)n1. The van der Waals surface area contributed by atoms with Crippen LogP contribution >= 0.6 is 0 Å². The molecule has 1 aliphatic heterocycles. The molecule has 1 saturated heterocycles. The highest BCUT2D eigenvalue weighted by Crippen LogP contribution is 2.17. The lowest BCUT2D eigenvalue weighted by Gasteiger charge is -2.16. The van der Waals surface area contributed by atoms with E-state index in [1.165, 1.54) is 0 Å². The van der Waals surface area contributed by atoms with Crippen molar-refractivity contribution in [1.82, 2.24) is 14.7 Å². The van der Waals surface area contributed by atoms with Crippen molar-refractivity contribution >= 4 is 5.91 Å². The zero-order valence-electron chi connectivity index (χ0n) is 13.0. The van der Waals surface area contributed by atoms with Gasteiger partial charge in [-0.05, 0) is 25.0 Å². The van der Waals surface area contributed by atoms with Crippen LogP contribution in [0.1, 0.15) is 28.2 Å². The molecule has 116 valence electrons.